The number of alkyl halides is 3. The molecule has 13 heteroatoms. The number of benzene rings is 1. The molecule has 1 saturated carbocycles. The van der Waals surface area contributed by atoms with Gasteiger partial charge in [-0.15, -0.1) is 0 Å². The summed E-state index contributed by atoms with van der Waals surface area (Å²) in [5, 5.41) is 12.0. The quantitative estimate of drug-likeness (QED) is 0.300. The van der Waals surface area contributed by atoms with Gasteiger partial charge in [-0.3, -0.25) is 9.59 Å². The molecule has 4 N–H and O–H groups in total. The van der Waals surface area contributed by atoms with Crippen LogP contribution in [0.5, 0.6) is 5.75 Å². The van der Waals surface area contributed by atoms with Crippen LogP contribution in [0.15, 0.2) is 24.4 Å². The lowest BCUT2D eigenvalue weighted by Gasteiger charge is -2.34. The fourth-order valence-electron chi connectivity index (χ4n) is 5.53. The Labute approximate surface area is 250 Å². The minimum Gasteiger partial charge on any atom is -0.495 e. The Morgan fingerprint density at radius 1 is 1.07 bits per heavy atom. The molecule has 1 aliphatic heterocycles. The van der Waals surface area contributed by atoms with Gasteiger partial charge in [0.15, 0.2) is 0 Å². The molecule has 2 amide bonds. The monoisotopic (exact) mass is 605 g/mol. The van der Waals surface area contributed by atoms with Crippen LogP contribution in [0.1, 0.15) is 74.7 Å². The number of nitrogens with one attached hydrogen (secondary N) is 4. The van der Waals surface area contributed by atoms with Crippen molar-refractivity contribution in [2.75, 3.05) is 37.9 Å². The normalized spacial score (nSPS) is 20.0. The molecule has 0 bridgehead atoms. The van der Waals surface area contributed by atoms with Crippen molar-refractivity contribution in [2.45, 2.75) is 83.1 Å². The molecule has 2 aromatic rings. The molecule has 4 rings (SSSR count). The molecule has 1 saturated heterocycles. The van der Waals surface area contributed by atoms with E-state index in [0.29, 0.717) is 36.3 Å². The Kier molecular flexibility index (Phi) is 10.7. The molecule has 1 aliphatic carbocycles. The number of amides is 2. The molecule has 0 unspecified atom stereocenters. The first-order valence-corrected chi connectivity index (χ1v) is 14.9. The zero-order valence-corrected chi connectivity index (χ0v) is 25.2. The number of anilines is 3. The van der Waals surface area contributed by atoms with Crippen LogP contribution in [0.3, 0.4) is 0 Å². The number of methoxy groups -OCH3 is 1. The lowest BCUT2D eigenvalue weighted by atomic mass is 9.90. The predicted octanol–water partition coefficient (Wildman–Crippen LogP) is 4.96. The minimum absolute atomic E-state index is 0.0754. The van der Waals surface area contributed by atoms with Crippen molar-refractivity contribution in [3.63, 3.8) is 0 Å². The molecule has 43 heavy (non-hydrogen) atoms. The zero-order valence-electron chi connectivity index (χ0n) is 25.2. The highest BCUT2D eigenvalue weighted by molar-refractivity contribution is 5.95. The van der Waals surface area contributed by atoms with Crippen LogP contribution in [0.2, 0.25) is 0 Å². The lowest BCUT2D eigenvalue weighted by Crippen LogP contribution is -2.49. The second kappa shape index (κ2) is 14.2. The molecule has 0 spiro atoms. The Hall–Kier alpha value is -3.61. The number of aromatic nitrogens is 2. The van der Waals surface area contributed by atoms with E-state index in [2.05, 4.69) is 43.2 Å². The van der Waals surface area contributed by atoms with Crippen molar-refractivity contribution >= 4 is 29.3 Å². The van der Waals surface area contributed by atoms with E-state index in [9.17, 15) is 22.8 Å². The topological polar surface area (TPSA) is 121 Å². The average molecular weight is 606 g/mol. The fourth-order valence-corrected chi connectivity index (χ4v) is 5.53. The summed E-state index contributed by atoms with van der Waals surface area (Å²) < 4.78 is 47.4. The zero-order chi connectivity index (χ0) is 31.1. The van der Waals surface area contributed by atoms with Crippen molar-refractivity contribution in [1.82, 2.24) is 25.5 Å². The molecule has 2 fully saturated rings. The van der Waals surface area contributed by atoms with E-state index in [1.54, 1.807) is 18.2 Å². The van der Waals surface area contributed by atoms with Crippen LogP contribution in [0, 0.1) is 5.92 Å². The van der Waals surface area contributed by atoms with Gasteiger partial charge in [0, 0.05) is 36.3 Å². The summed E-state index contributed by atoms with van der Waals surface area (Å²) >= 11 is 0. The van der Waals surface area contributed by atoms with Gasteiger partial charge in [-0.2, -0.15) is 18.2 Å². The summed E-state index contributed by atoms with van der Waals surface area (Å²) in [5.74, 6) is -0.303. The van der Waals surface area contributed by atoms with Gasteiger partial charge in [0.1, 0.15) is 17.1 Å². The van der Waals surface area contributed by atoms with E-state index >= 15 is 0 Å². The number of nitrogens with zero attached hydrogens (tertiary/aromatic N) is 3. The highest BCUT2D eigenvalue weighted by Crippen LogP contribution is 2.36. The molecule has 10 nitrogen and oxygen atoms in total. The number of ether oxygens (including phenoxy) is 1. The molecule has 236 valence electrons. The van der Waals surface area contributed by atoms with Crippen molar-refractivity contribution in [2.24, 2.45) is 5.92 Å². The molecule has 0 radical (unpaired) electrons. The van der Waals surface area contributed by atoms with Crippen molar-refractivity contribution in [1.29, 1.82) is 0 Å². The maximum atomic E-state index is 14.0. The first-order chi connectivity index (χ1) is 20.4. The summed E-state index contributed by atoms with van der Waals surface area (Å²) in [5.41, 5.74) is -0.204. The van der Waals surface area contributed by atoms with Gasteiger partial charge in [-0.05, 0) is 69.9 Å². The van der Waals surface area contributed by atoms with Crippen LogP contribution in [0.25, 0.3) is 0 Å². The summed E-state index contributed by atoms with van der Waals surface area (Å²) in [6.07, 6.45) is 1.08. The third-order valence-corrected chi connectivity index (χ3v) is 7.89. The van der Waals surface area contributed by atoms with Crippen LogP contribution in [-0.4, -0.2) is 72.1 Å². The largest absolute Gasteiger partial charge is 0.495 e. The van der Waals surface area contributed by atoms with Gasteiger partial charge in [-0.25, -0.2) is 4.98 Å². The maximum absolute atomic E-state index is 14.0. The third-order valence-electron chi connectivity index (χ3n) is 7.89. The molecule has 2 atom stereocenters. The molecular formula is C30H42F3N7O3. The van der Waals surface area contributed by atoms with E-state index in [0.717, 1.165) is 45.0 Å². The van der Waals surface area contributed by atoms with E-state index in [4.69, 9.17) is 4.74 Å². The van der Waals surface area contributed by atoms with E-state index < -0.39 is 17.8 Å². The number of carbonyl (C=O) groups excluding carboxylic acids is 2. The Bertz CT molecular complexity index is 1270. The Morgan fingerprint density at radius 3 is 2.42 bits per heavy atom. The predicted molar refractivity (Wildman–Crippen MR) is 159 cm³/mol. The van der Waals surface area contributed by atoms with Crippen molar-refractivity contribution in [3.8, 4) is 5.75 Å². The first-order valence-electron chi connectivity index (χ1n) is 14.9. The Balaban J connectivity index is 1.52. The standard InChI is InChI=1S/C30H42F3N7O3/c1-18(2)15-26(41)36-22-7-5-6-8-23(22)37-27-21(30(31,32)33)17-34-29(39-27)38-24-10-9-19(16-25(24)43-4)28(42)35-20-11-13-40(3)14-12-20/h9-10,16-18,20,22-23H,5-8,11-15H2,1-4H3,(H,35,42)(H,36,41)(H2,34,37,38,39)/t22-,23-/m1/s1. The highest BCUT2D eigenvalue weighted by atomic mass is 19.4. The second-order valence-corrected chi connectivity index (χ2v) is 11.9. The number of piperidine rings is 1. The maximum Gasteiger partial charge on any atom is 0.421 e. The number of hydrogen-bond acceptors (Lipinski definition) is 8. The van der Waals surface area contributed by atoms with Crippen LogP contribution >= 0.6 is 0 Å². The van der Waals surface area contributed by atoms with Crippen LogP contribution in [-0.2, 0) is 11.0 Å². The molecule has 1 aromatic carbocycles. The van der Waals surface area contributed by atoms with E-state index in [1.165, 1.54) is 7.11 Å². The van der Waals surface area contributed by atoms with Gasteiger partial charge >= 0.3 is 6.18 Å². The van der Waals surface area contributed by atoms with Crippen LogP contribution < -0.4 is 26.0 Å². The number of hydrogen-bond donors (Lipinski definition) is 4. The summed E-state index contributed by atoms with van der Waals surface area (Å²) in [6, 6.07) is 4.14. The van der Waals surface area contributed by atoms with Gasteiger partial charge < -0.3 is 30.9 Å². The molecule has 2 aliphatic rings. The SMILES string of the molecule is COc1cc(C(=O)NC2CCN(C)CC2)ccc1Nc1ncc(C(F)(F)F)c(N[C@@H]2CCCC[C@H]2NC(=O)CC(C)C)n1. The van der Waals surface area contributed by atoms with Gasteiger partial charge in [0.2, 0.25) is 11.9 Å². The highest BCUT2D eigenvalue weighted by Gasteiger charge is 2.37. The second-order valence-electron chi connectivity index (χ2n) is 11.9. The summed E-state index contributed by atoms with van der Waals surface area (Å²) in [6.45, 7) is 5.70. The summed E-state index contributed by atoms with van der Waals surface area (Å²) in [7, 11) is 3.49. The molecular weight excluding hydrogens is 563 g/mol. The van der Waals surface area contributed by atoms with E-state index in [-0.39, 0.29) is 41.6 Å². The number of carbonyl (C=O) groups is 2. The van der Waals surface area contributed by atoms with E-state index in [1.807, 2.05) is 13.8 Å². The molecule has 1 aromatic heterocycles. The van der Waals surface area contributed by atoms with Gasteiger partial charge in [0.05, 0.1) is 12.8 Å². The lowest BCUT2D eigenvalue weighted by molar-refractivity contribution is -0.137. The molecule has 2 heterocycles. The average Bonchev–Trinajstić information content (AvgIpc) is 2.94. The number of likely N-dealkylation sites (tertiary alicyclic amines) is 1. The Morgan fingerprint density at radius 2 is 1.77 bits per heavy atom. The summed E-state index contributed by atoms with van der Waals surface area (Å²) in [4.78, 5) is 35.7. The third kappa shape index (κ3) is 8.94. The van der Waals surface area contributed by atoms with Crippen molar-refractivity contribution in [3.05, 3.63) is 35.5 Å². The first kappa shape index (κ1) is 32.3. The number of rotatable bonds is 10. The fraction of sp³-hybridized carbons (Fsp3) is 0.600. The minimum atomic E-state index is -4.69. The number of halogens is 3. The van der Waals surface area contributed by atoms with Gasteiger partial charge in [-0.1, -0.05) is 26.7 Å². The smallest absolute Gasteiger partial charge is 0.421 e. The van der Waals surface area contributed by atoms with Gasteiger partial charge in [0.25, 0.3) is 5.91 Å². The van der Waals surface area contributed by atoms with Crippen molar-refractivity contribution < 1.29 is 27.5 Å². The van der Waals surface area contributed by atoms with Crippen LogP contribution in [0.4, 0.5) is 30.6 Å².